The van der Waals surface area contributed by atoms with Gasteiger partial charge >= 0.3 is 0 Å². The van der Waals surface area contributed by atoms with Crippen molar-refractivity contribution in [2.24, 2.45) is 0 Å². The Morgan fingerprint density at radius 3 is 2.80 bits per heavy atom. The van der Waals surface area contributed by atoms with Crippen LogP contribution in [0.3, 0.4) is 0 Å². The molecule has 1 saturated heterocycles. The summed E-state index contributed by atoms with van der Waals surface area (Å²) in [6, 6.07) is 8.73. The molecule has 0 aromatic heterocycles. The minimum absolute atomic E-state index is 0.344. The van der Waals surface area contributed by atoms with Crippen LogP contribution in [-0.4, -0.2) is 31.6 Å². The highest BCUT2D eigenvalue weighted by molar-refractivity contribution is 5.35. The van der Waals surface area contributed by atoms with Gasteiger partial charge in [-0.2, -0.15) is 0 Å². The Balaban J connectivity index is 2.17. The van der Waals surface area contributed by atoms with E-state index in [0.29, 0.717) is 5.41 Å². The Bertz CT molecular complexity index is 418. The standard InChI is InChI=1S/C18H29NO/c1-4-6-12-19-13-11-18(15-19,10-5-2)16-8-7-9-17(14-16)20-3/h7-9,14H,4-6,10-13,15H2,1-3H3/t18-/m1/s1. The van der Waals surface area contributed by atoms with Gasteiger partial charge in [0.05, 0.1) is 7.11 Å². The molecule has 1 heterocycles. The fraction of sp³-hybridized carbons (Fsp3) is 0.667. The molecule has 0 radical (unpaired) electrons. The Hall–Kier alpha value is -1.02. The first-order valence-corrected chi connectivity index (χ1v) is 8.11. The van der Waals surface area contributed by atoms with E-state index in [-0.39, 0.29) is 0 Å². The zero-order valence-corrected chi connectivity index (χ0v) is 13.3. The number of rotatable bonds is 7. The molecule has 2 heteroatoms. The van der Waals surface area contributed by atoms with Gasteiger partial charge in [0, 0.05) is 12.0 Å². The van der Waals surface area contributed by atoms with Gasteiger partial charge in [0.1, 0.15) is 5.75 Å². The van der Waals surface area contributed by atoms with Crippen molar-refractivity contribution in [3.63, 3.8) is 0 Å². The van der Waals surface area contributed by atoms with Crippen molar-refractivity contribution in [1.82, 2.24) is 4.90 Å². The van der Waals surface area contributed by atoms with Gasteiger partial charge in [-0.25, -0.2) is 0 Å². The SMILES string of the molecule is CCCCN1CC[C@@](CCC)(c2cccc(OC)c2)C1. The molecule has 1 fully saturated rings. The number of ether oxygens (including phenoxy) is 1. The molecular formula is C18H29NO. The third-order valence-electron chi connectivity index (χ3n) is 4.67. The Morgan fingerprint density at radius 1 is 1.25 bits per heavy atom. The molecule has 1 aromatic carbocycles. The van der Waals surface area contributed by atoms with Gasteiger partial charge in [-0.1, -0.05) is 38.8 Å². The van der Waals surface area contributed by atoms with E-state index in [4.69, 9.17) is 4.74 Å². The van der Waals surface area contributed by atoms with Crippen LogP contribution in [-0.2, 0) is 5.41 Å². The van der Waals surface area contributed by atoms with E-state index in [2.05, 4.69) is 36.9 Å². The molecule has 1 aliphatic heterocycles. The molecule has 0 spiro atoms. The van der Waals surface area contributed by atoms with Crippen LogP contribution < -0.4 is 4.74 Å². The van der Waals surface area contributed by atoms with Crippen LogP contribution in [0.1, 0.15) is 51.5 Å². The van der Waals surface area contributed by atoms with E-state index in [1.165, 1.54) is 57.3 Å². The molecule has 0 bridgehead atoms. The molecule has 1 aliphatic rings. The van der Waals surface area contributed by atoms with Gasteiger partial charge in [0.15, 0.2) is 0 Å². The average molecular weight is 275 g/mol. The van der Waals surface area contributed by atoms with Gasteiger partial charge < -0.3 is 9.64 Å². The van der Waals surface area contributed by atoms with Crippen LogP contribution in [0.2, 0.25) is 0 Å². The molecule has 20 heavy (non-hydrogen) atoms. The number of hydrogen-bond acceptors (Lipinski definition) is 2. The van der Waals surface area contributed by atoms with Crippen LogP contribution in [0, 0.1) is 0 Å². The van der Waals surface area contributed by atoms with E-state index in [1.807, 2.05) is 6.07 Å². The van der Waals surface area contributed by atoms with E-state index in [0.717, 1.165) is 5.75 Å². The van der Waals surface area contributed by atoms with Crippen molar-refractivity contribution < 1.29 is 4.74 Å². The smallest absolute Gasteiger partial charge is 0.119 e. The summed E-state index contributed by atoms with van der Waals surface area (Å²) in [5, 5.41) is 0. The van der Waals surface area contributed by atoms with Gasteiger partial charge in [-0.05, 0) is 50.0 Å². The number of unbranched alkanes of at least 4 members (excludes halogenated alkanes) is 1. The summed E-state index contributed by atoms with van der Waals surface area (Å²) < 4.78 is 5.42. The fourth-order valence-corrected chi connectivity index (χ4v) is 3.55. The lowest BCUT2D eigenvalue weighted by Gasteiger charge is -2.30. The Labute approximate surface area is 124 Å². The van der Waals surface area contributed by atoms with Crippen molar-refractivity contribution in [3.8, 4) is 5.75 Å². The lowest BCUT2D eigenvalue weighted by Crippen LogP contribution is -2.31. The molecule has 1 atom stereocenters. The lowest BCUT2D eigenvalue weighted by atomic mass is 9.76. The maximum absolute atomic E-state index is 5.42. The molecule has 0 unspecified atom stereocenters. The fourth-order valence-electron chi connectivity index (χ4n) is 3.55. The van der Waals surface area contributed by atoms with Gasteiger partial charge in [0.25, 0.3) is 0 Å². The second-order valence-electron chi connectivity index (χ2n) is 6.14. The largest absolute Gasteiger partial charge is 0.497 e. The van der Waals surface area contributed by atoms with Gasteiger partial charge in [-0.15, -0.1) is 0 Å². The highest BCUT2D eigenvalue weighted by Gasteiger charge is 2.38. The molecule has 0 amide bonds. The van der Waals surface area contributed by atoms with Crippen molar-refractivity contribution in [1.29, 1.82) is 0 Å². The predicted octanol–water partition coefficient (Wildman–Crippen LogP) is 4.24. The highest BCUT2D eigenvalue weighted by atomic mass is 16.5. The lowest BCUT2D eigenvalue weighted by molar-refractivity contribution is 0.296. The summed E-state index contributed by atoms with van der Waals surface area (Å²) in [6.07, 6.45) is 6.43. The predicted molar refractivity (Wildman–Crippen MR) is 85.5 cm³/mol. The minimum Gasteiger partial charge on any atom is -0.497 e. The van der Waals surface area contributed by atoms with Crippen LogP contribution in [0.15, 0.2) is 24.3 Å². The maximum atomic E-state index is 5.42. The molecule has 2 rings (SSSR count). The van der Waals surface area contributed by atoms with E-state index in [1.54, 1.807) is 7.11 Å². The quantitative estimate of drug-likeness (QED) is 0.738. The van der Waals surface area contributed by atoms with E-state index in [9.17, 15) is 0 Å². The molecule has 0 aliphatic carbocycles. The van der Waals surface area contributed by atoms with Crippen molar-refractivity contribution >= 4 is 0 Å². The molecular weight excluding hydrogens is 246 g/mol. The third kappa shape index (κ3) is 3.35. The van der Waals surface area contributed by atoms with Gasteiger partial charge in [0.2, 0.25) is 0 Å². The summed E-state index contributed by atoms with van der Waals surface area (Å²) >= 11 is 0. The van der Waals surface area contributed by atoms with Crippen molar-refractivity contribution in [3.05, 3.63) is 29.8 Å². The highest BCUT2D eigenvalue weighted by Crippen LogP contribution is 2.39. The minimum atomic E-state index is 0.344. The van der Waals surface area contributed by atoms with Crippen molar-refractivity contribution in [2.75, 3.05) is 26.7 Å². The topological polar surface area (TPSA) is 12.5 Å². The number of nitrogens with zero attached hydrogens (tertiary/aromatic N) is 1. The molecule has 1 aromatic rings. The first kappa shape index (κ1) is 15.4. The molecule has 112 valence electrons. The zero-order valence-electron chi connectivity index (χ0n) is 13.3. The maximum Gasteiger partial charge on any atom is 0.119 e. The molecule has 0 N–H and O–H groups in total. The number of hydrogen-bond donors (Lipinski definition) is 0. The number of likely N-dealkylation sites (tertiary alicyclic amines) is 1. The van der Waals surface area contributed by atoms with Crippen LogP contribution in [0.4, 0.5) is 0 Å². The summed E-state index contributed by atoms with van der Waals surface area (Å²) in [5.74, 6) is 0.991. The summed E-state index contributed by atoms with van der Waals surface area (Å²) in [5.41, 5.74) is 1.81. The second kappa shape index (κ2) is 7.12. The Morgan fingerprint density at radius 2 is 2.10 bits per heavy atom. The first-order valence-electron chi connectivity index (χ1n) is 8.11. The van der Waals surface area contributed by atoms with Crippen molar-refractivity contribution in [2.45, 2.75) is 51.4 Å². The number of benzene rings is 1. The summed E-state index contributed by atoms with van der Waals surface area (Å²) in [7, 11) is 1.76. The summed E-state index contributed by atoms with van der Waals surface area (Å²) in [4.78, 5) is 2.65. The zero-order chi connectivity index (χ0) is 14.4. The first-order chi connectivity index (χ1) is 9.74. The second-order valence-corrected chi connectivity index (χ2v) is 6.14. The van der Waals surface area contributed by atoms with E-state index >= 15 is 0 Å². The average Bonchev–Trinajstić information content (AvgIpc) is 2.90. The van der Waals surface area contributed by atoms with Gasteiger partial charge in [-0.3, -0.25) is 0 Å². The molecule has 2 nitrogen and oxygen atoms in total. The number of methoxy groups -OCH3 is 1. The monoisotopic (exact) mass is 275 g/mol. The van der Waals surface area contributed by atoms with Crippen LogP contribution in [0.5, 0.6) is 5.75 Å². The summed E-state index contributed by atoms with van der Waals surface area (Å²) in [6.45, 7) is 8.30. The Kier molecular flexibility index (Phi) is 5.47. The van der Waals surface area contributed by atoms with Crippen LogP contribution >= 0.6 is 0 Å². The van der Waals surface area contributed by atoms with Crippen LogP contribution in [0.25, 0.3) is 0 Å². The third-order valence-corrected chi connectivity index (χ3v) is 4.67. The molecule has 0 saturated carbocycles. The normalized spacial score (nSPS) is 23.1. The van der Waals surface area contributed by atoms with E-state index < -0.39 is 0 Å².